The molecule has 0 saturated carbocycles. The van der Waals surface area contributed by atoms with E-state index in [1.165, 1.54) is 16.7 Å². The van der Waals surface area contributed by atoms with Gasteiger partial charge in [0, 0.05) is 24.0 Å². The quantitative estimate of drug-likeness (QED) is 0.732. The summed E-state index contributed by atoms with van der Waals surface area (Å²) in [5.74, 6) is 1.19. The lowest BCUT2D eigenvalue weighted by atomic mass is 10.1. The molecule has 1 heterocycles. The summed E-state index contributed by atoms with van der Waals surface area (Å²) in [5, 5.41) is 0.905. The molecule has 0 aromatic heterocycles. The van der Waals surface area contributed by atoms with Crippen LogP contribution in [0.3, 0.4) is 0 Å². The van der Waals surface area contributed by atoms with Crippen LogP contribution in [-0.2, 0) is 4.79 Å². The van der Waals surface area contributed by atoms with Crippen LogP contribution in [0.4, 0.5) is 4.79 Å². The summed E-state index contributed by atoms with van der Waals surface area (Å²) in [5.41, 5.74) is 0. The van der Waals surface area contributed by atoms with Crippen molar-refractivity contribution in [1.29, 1.82) is 0 Å². The first kappa shape index (κ1) is 13.0. The standard InChI is InChI=1S/C10H16BrNO2S/c1-8(2-5-11)3-6-12-9(13)4-7-15-10(12)14/h8H,2-7H2,1H3. The Hall–Kier alpha value is -0.0300. The van der Waals surface area contributed by atoms with Crippen LogP contribution in [0.5, 0.6) is 0 Å². The Morgan fingerprint density at radius 2 is 2.20 bits per heavy atom. The molecular formula is C10H16BrNO2S. The van der Waals surface area contributed by atoms with Gasteiger partial charge in [-0.25, -0.2) is 0 Å². The molecular weight excluding hydrogens is 278 g/mol. The fourth-order valence-corrected chi connectivity index (χ4v) is 3.02. The smallest absolute Gasteiger partial charge is 0.274 e. The van der Waals surface area contributed by atoms with E-state index in [9.17, 15) is 9.59 Å². The third-order valence-corrected chi connectivity index (χ3v) is 3.84. The first-order valence-electron chi connectivity index (χ1n) is 5.18. The summed E-state index contributed by atoms with van der Waals surface area (Å²) in [4.78, 5) is 24.3. The first-order valence-corrected chi connectivity index (χ1v) is 7.29. The van der Waals surface area contributed by atoms with E-state index in [0.717, 1.165) is 18.2 Å². The fourth-order valence-electron chi connectivity index (χ4n) is 1.44. The van der Waals surface area contributed by atoms with E-state index >= 15 is 0 Å². The Kier molecular flexibility index (Phi) is 5.68. The zero-order valence-corrected chi connectivity index (χ0v) is 11.3. The number of alkyl halides is 1. The van der Waals surface area contributed by atoms with Crippen LogP contribution in [-0.4, -0.2) is 33.7 Å². The second-order valence-corrected chi connectivity index (χ2v) is 5.62. The number of thioether (sulfide) groups is 1. The predicted molar refractivity (Wildman–Crippen MR) is 66.4 cm³/mol. The van der Waals surface area contributed by atoms with Crippen molar-refractivity contribution in [3.63, 3.8) is 0 Å². The molecule has 15 heavy (non-hydrogen) atoms. The third-order valence-electron chi connectivity index (χ3n) is 2.51. The van der Waals surface area contributed by atoms with Crippen molar-refractivity contribution in [2.24, 2.45) is 5.92 Å². The third kappa shape index (κ3) is 4.15. The van der Waals surface area contributed by atoms with Gasteiger partial charge in [-0.05, 0) is 18.8 Å². The molecule has 0 N–H and O–H groups in total. The van der Waals surface area contributed by atoms with Crippen molar-refractivity contribution in [2.75, 3.05) is 17.6 Å². The van der Waals surface area contributed by atoms with Crippen molar-refractivity contribution in [3.05, 3.63) is 0 Å². The van der Waals surface area contributed by atoms with Crippen LogP contribution < -0.4 is 0 Å². The van der Waals surface area contributed by atoms with E-state index in [2.05, 4.69) is 22.9 Å². The van der Waals surface area contributed by atoms with Gasteiger partial charge in [-0.1, -0.05) is 34.6 Å². The lowest BCUT2D eigenvalue weighted by molar-refractivity contribution is -0.127. The number of imide groups is 1. The normalized spacial score (nSPS) is 19.5. The number of hydrogen-bond donors (Lipinski definition) is 0. The number of hydrogen-bond acceptors (Lipinski definition) is 3. The Morgan fingerprint density at radius 3 is 2.80 bits per heavy atom. The molecule has 0 bridgehead atoms. The molecule has 2 amide bonds. The number of amides is 2. The van der Waals surface area contributed by atoms with Crippen LogP contribution in [0.25, 0.3) is 0 Å². The highest BCUT2D eigenvalue weighted by Crippen LogP contribution is 2.20. The van der Waals surface area contributed by atoms with Crippen molar-refractivity contribution in [1.82, 2.24) is 4.90 Å². The number of carbonyl (C=O) groups excluding carboxylic acids is 2. The summed E-state index contributed by atoms with van der Waals surface area (Å²) in [7, 11) is 0. The Bertz CT molecular complexity index is 232. The minimum Gasteiger partial charge on any atom is -0.274 e. The van der Waals surface area contributed by atoms with Gasteiger partial charge in [-0.2, -0.15) is 0 Å². The second-order valence-electron chi connectivity index (χ2n) is 3.78. The summed E-state index contributed by atoms with van der Waals surface area (Å²) in [6.45, 7) is 2.73. The molecule has 0 aromatic rings. The van der Waals surface area contributed by atoms with Gasteiger partial charge < -0.3 is 0 Å². The average molecular weight is 294 g/mol. The van der Waals surface area contributed by atoms with E-state index in [4.69, 9.17) is 0 Å². The van der Waals surface area contributed by atoms with Crippen LogP contribution in [0.15, 0.2) is 0 Å². The molecule has 5 heteroatoms. The zero-order chi connectivity index (χ0) is 11.3. The van der Waals surface area contributed by atoms with E-state index in [1.54, 1.807) is 0 Å². The monoisotopic (exact) mass is 293 g/mol. The van der Waals surface area contributed by atoms with Crippen LogP contribution >= 0.6 is 27.7 Å². The van der Waals surface area contributed by atoms with Gasteiger partial charge in [0.05, 0.1) is 0 Å². The van der Waals surface area contributed by atoms with Gasteiger partial charge in [0.2, 0.25) is 5.91 Å². The highest BCUT2D eigenvalue weighted by atomic mass is 79.9. The molecule has 1 saturated heterocycles. The Morgan fingerprint density at radius 1 is 1.47 bits per heavy atom. The highest BCUT2D eigenvalue weighted by molar-refractivity contribution is 9.09. The SMILES string of the molecule is CC(CCBr)CCN1C(=O)CCSC1=O. The van der Waals surface area contributed by atoms with Gasteiger partial charge in [-0.15, -0.1) is 0 Å². The molecule has 0 aliphatic carbocycles. The molecule has 1 unspecified atom stereocenters. The first-order chi connectivity index (χ1) is 7.15. The number of rotatable bonds is 5. The molecule has 1 aliphatic rings. The molecule has 3 nitrogen and oxygen atoms in total. The minimum atomic E-state index is -0.0720. The largest absolute Gasteiger partial charge is 0.288 e. The van der Waals surface area contributed by atoms with Crippen LogP contribution in [0.2, 0.25) is 0 Å². The Balaban J connectivity index is 2.35. The van der Waals surface area contributed by atoms with Gasteiger partial charge in [0.25, 0.3) is 5.24 Å². The molecule has 1 fully saturated rings. The summed E-state index contributed by atoms with van der Waals surface area (Å²) in [6.07, 6.45) is 2.50. The van der Waals surface area contributed by atoms with Crippen molar-refractivity contribution >= 4 is 38.8 Å². The molecule has 86 valence electrons. The zero-order valence-electron chi connectivity index (χ0n) is 8.87. The van der Waals surface area contributed by atoms with Crippen molar-refractivity contribution < 1.29 is 9.59 Å². The molecule has 1 aliphatic heterocycles. The van der Waals surface area contributed by atoms with Gasteiger partial charge in [0.15, 0.2) is 0 Å². The maximum Gasteiger partial charge on any atom is 0.288 e. The van der Waals surface area contributed by atoms with Crippen molar-refractivity contribution in [3.8, 4) is 0 Å². The predicted octanol–water partition coefficient (Wildman–Crippen LogP) is 2.88. The maximum atomic E-state index is 11.5. The van der Waals surface area contributed by atoms with Gasteiger partial charge in [0.1, 0.15) is 0 Å². The van der Waals surface area contributed by atoms with Crippen molar-refractivity contribution in [2.45, 2.75) is 26.2 Å². The van der Waals surface area contributed by atoms with Crippen LogP contribution in [0.1, 0.15) is 26.2 Å². The van der Waals surface area contributed by atoms with E-state index in [1.807, 2.05) is 0 Å². The fraction of sp³-hybridized carbons (Fsp3) is 0.800. The lowest BCUT2D eigenvalue weighted by Crippen LogP contribution is -2.39. The van der Waals surface area contributed by atoms with E-state index in [-0.39, 0.29) is 11.1 Å². The molecule has 1 atom stereocenters. The van der Waals surface area contributed by atoms with E-state index < -0.39 is 0 Å². The highest BCUT2D eigenvalue weighted by Gasteiger charge is 2.26. The molecule has 0 aromatic carbocycles. The molecule has 0 radical (unpaired) electrons. The van der Waals surface area contributed by atoms with E-state index in [0.29, 0.717) is 24.6 Å². The van der Waals surface area contributed by atoms with Gasteiger partial charge >= 0.3 is 0 Å². The molecule has 0 spiro atoms. The maximum absolute atomic E-state index is 11.5. The second kappa shape index (κ2) is 6.53. The Labute approximate surface area is 103 Å². The topological polar surface area (TPSA) is 37.4 Å². The summed E-state index contributed by atoms with van der Waals surface area (Å²) >= 11 is 4.64. The summed E-state index contributed by atoms with van der Waals surface area (Å²) in [6, 6.07) is 0. The number of halogens is 1. The lowest BCUT2D eigenvalue weighted by Gasteiger charge is -2.25. The number of nitrogens with zero attached hydrogens (tertiary/aromatic N) is 1. The summed E-state index contributed by atoms with van der Waals surface area (Å²) < 4.78 is 0. The molecule has 1 rings (SSSR count). The van der Waals surface area contributed by atoms with Gasteiger partial charge in [-0.3, -0.25) is 14.5 Å². The average Bonchev–Trinajstić information content (AvgIpc) is 2.17. The number of carbonyl (C=O) groups is 2. The minimum absolute atomic E-state index is 0.00945. The van der Waals surface area contributed by atoms with Crippen LogP contribution in [0, 0.1) is 5.92 Å².